The van der Waals surface area contributed by atoms with Crippen LogP contribution in [0.4, 0.5) is 41.1 Å². The van der Waals surface area contributed by atoms with Crippen LogP contribution in [0.15, 0.2) is 30.7 Å². The van der Waals surface area contributed by atoms with Gasteiger partial charge >= 0.3 is 12.2 Å². The highest BCUT2D eigenvalue weighted by Gasteiger charge is 2.33. The maximum atomic E-state index is 13.4. The van der Waals surface area contributed by atoms with Crippen LogP contribution >= 0.6 is 0 Å². The summed E-state index contributed by atoms with van der Waals surface area (Å²) in [5.41, 5.74) is 0.826. The van der Waals surface area contributed by atoms with Crippen molar-refractivity contribution in [2.45, 2.75) is 38.4 Å². The molecular formula is C23H31F3N8O. The zero-order valence-corrected chi connectivity index (χ0v) is 20.0. The summed E-state index contributed by atoms with van der Waals surface area (Å²) in [5, 5.41) is 2.83. The highest BCUT2D eigenvalue weighted by atomic mass is 19.4. The van der Waals surface area contributed by atoms with E-state index in [1.807, 2.05) is 31.0 Å². The predicted molar refractivity (Wildman–Crippen MR) is 129 cm³/mol. The second-order valence-electron chi connectivity index (χ2n) is 9.05. The molecular weight excluding hydrogens is 461 g/mol. The lowest BCUT2D eigenvalue weighted by molar-refractivity contribution is -0.145. The Hall–Kier alpha value is -3.15. The Balaban J connectivity index is 1.62. The summed E-state index contributed by atoms with van der Waals surface area (Å²) in [6.07, 6.45) is 1.02. The Labute approximate surface area is 202 Å². The number of pyridine rings is 1. The number of rotatable bonds is 3. The third-order valence-corrected chi connectivity index (χ3v) is 6.39. The molecule has 0 aliphatic carbocycles. The summed E-state index contributed by atoms with van der Waals surface area (Å²) >= 11 is 0. The van der Waals surface area contributed by atoms with E-state index < -0.39 is 12.7 Å². The number of nitrogens with zero attached hydrogens (tertiary/aromatic N) is 7. The van der Waals surface area contributed by atoms with Crippen LogP contribution in [0.25, 0.3) is 0 Å². The normalized spacial score (nSPS) is 20.0. The van der Waals surface area contributed by atoms with Gasteiger partial charge in [0, 0.05) is 52.0 Å². The second-order valence-corrected chi connectivity index (χ2v) is 9.05. The summed E-state index contributed by atoms with van der Waals surface area (Å²) < 4.78 is 38.6. The van der Waals surface area contributed by atoms with E-state index in [1.54, 1.807) is 17.2 Å². The summed E-state index contributed by atoms with van der Waals surface area (Å²) in [5.74, 6) is 1.57. The first-order valence-electron chi connectivity index (χ1n) is 11.8. The molecule has 4 rings (SSSR count). The molecule has 1 fully saturated rings. The number of carbonyl (C=O) groups excluding carboxylic acids is 1. The van der Waals surface area contributed by atoms with E-state index in [0.29, 0.717) is 50.1 Å². The average Bonchev–Trinajstić information content (AvgIpc) is 3.03. The lowest BCUT2D eigenvalue weighted by Gasteiger charge is -2.36. The predicted octanol–water partition coefficient (Wildman–Crippen LogP) is 3.60. The maximum absolute atomic E-state index is 13.4. The standard InChI is InChI=1S/C23H31F3N8O/c1-17-5-3-10-31(2)18-6-7-20(33-12-4-11-32(13-14-33)15-23(24,25)26)30-21(18)34(17)22(35)29-19-8-9-27-16-28-19/h6-9,16-17H,3-5,10-15H2,1-2H3,(H,27,28,29,35)/t17-/m1/s1. The van der Waals surface area contributed by atoms with E-state index in [4.69, 9.17) is 4.98 Å². The van der Waals surface area contributed by atoms with Crippen molar-refractivity contribution >= 4 is 29.2 Å². The minimum Gasteiger partial charge on any atom is -0.372 e. The van der Waals surface area contributed by atoms with Crippen LogP contribution in [0.3, 0.4) is 0 Å². The number of halogens is 3. The molecule has 2 aromatic rings. The molecule has 12 heteroatoms. The topological polar surface area (TPSA) is 80.7 Å². The number of nitrogens with one attached hydrogen (secondary N) is 1. The summed E-state index contributed by atoms with van der Waals surface area (Å²) in [4.78, 5) is 33.4. The van der Waals surface area contributed by atoms with Gasteiger partial charge < -0.3 is 9.80 Å². The van der Waals surface area contributed by atoms with Gasteiger partial charge in [0.15, 0.2) is 5.82 Å². The number of alkyl halides is 3. The Bertz CT molecular complexity index is 1010. The first-order chi connectivity index (χ1) is 16.7. The molecule has 0 radical (unpaired) electrons. The van der Waals surface area contributed by atoms with Crippen LogP contribution in [0.1, 0.15) is 26.2 Å². The molecule has 35 heavy (non-hydrogen) atoms. The van der Waals surface area contributed by atoms with Gasteiger partial charge in [-0.05, 0) is 44.4 Å². The van der Waals surface area contributed by atoms with Crippen LogP contribution < -0.4 is 20.0 Å². The Kier molecular flexibility index (Phi) is 7.58. The van der Waals surface area contributed by atoms with Gasteiger partial charge in [0.25, 0.3) is 0 Å². The molecule has 2 aliphatic heterocycles. The van der Waals surface area contributed by atoms with Gasteiger partial charge in [-0.1, -0.05) is 0 Å². The molecule has 1 saturated heterocycles. The quantitative estimate of drug-likeness (QED) is 0.701. The van der Waals surface area contributed by atoms with Crippen molar-refractivity contribution in [3.05, 3.63) is 30.7 Å². The van der Waals surface area contributed by atoms with Crippen molar-refractivity contribution in [2.75, 3.05) is 66.3 Å². The van der Waals surface area contributed by atoms with Gasteiger partial charge in [0.05, 0.1) is 12.2 Å². The number of fused-ring (bicyclic) bond motifs is 1. The Morgan fingerprint density at radius 3 is 2.69 bits per heavy atom. The van der Waals surface area contributed by atoms with Gasteiger partial charge in [-0.25, -0.2) is 19.7 Å². The highest BCUT2D eigenvalue weighted by Crippen LogP contribution is 2.34. The van der Waals surface area contributed by atoms with E-state index in [0.717, 1.165) is 25.1 Å². The molecule has 2 amide bonds. The second kappa shape index (κ2) is 10.6. The minimum atomic E-state index is -4.21. The number of carbonyl (C=O) groups is 1. The number of hydrogen-bond donors (Lipinski definition) is 1. The first-order valence-corrected chi connectivity index (χ1v) is 11.8. The molecule has 0 aromatic carbocycles. The first kappa shape index (κ1) is 25.0. The lowest BCUT2D eigenvalue weighted by Crippen LogP contribution is -2.45. The van der Waals surface area contributed by atoms with E-state index in [2.05, 4.69) is 20.2 Å². The van der Waals surface area contributed by atoms with E-state index in [1.165, 1.54) is 11.2 Å². The lowest BCUT2D eigenvalue weighted by atomic mass is 10.1. The number of amides is 2. The molecule has 0 unspecified atom stereocenters. The Morgan fingerprint density at radius 2 is 1.94 bits per heavy atom. The zero-order valence-electron chi connectivity index (χ0n) is 20.0. The fraction of sp³-hybridized carbons (Fsp3) is 0.565. The largest absolute Gasteiger partial charge is 0.401 e. The minimum absolute atomic E-state index is 0.113. The fourth-order valence-electron chi connectivity index (χ4n) is 4.61. The zero-order chi connectivity index (χ0) is 25.0. The van der Waals surface area contributed by atoms with Crippen LogP contribution in [0, 0.1) is 0 Å². The molecule has 4 heterocycles. The summed E-state index contributed by atoms with van der Waals surface area (Å²) in [6, 6.07) is 5.00. The van der Waals surface area contributed by atoms with Crippen molar-refractivity contribution in [2.24, 2.45) is 0 Å². The van der Waals surface area contributed by atoms with Crippen molar-refractivity contribution in [3.8, 4) is 0 Å². The van der Waals surface area contributed by atoms with Gasteiger partial charge in [-0.2, -0.15) is 13.2 Å². The van der Waals surface area contributed by atoms with Crippen molar-refractivity contribution in [1.29, 1.82) is 0 Å². The number of anilines is 4. The smallest absolute Gasteiger partial charge is 0.372 e. The summed E-state index contributed by atoms with van der Waals surface area (Å²) in [7, 11) is 1.97. The van der Waals surface area contributed by atoms with Crippen LogP contribution in [-0.4, -0.2) is 84.4 Å². The van der Waals surface area contributed by atoms with E-state index >= 15 is 0 Å². The van der Waals surface area contributed by atoms with Gasteiger partial charge in [-0.15, -0.1) is 0 Å². The van der Waals surface area contributed by atoms with Crippen LogP contribution in [0.5, 0.6) is 0 Å². The van der Waals surface area contributed by atoms with Crippen LogP contribution in [-0.2, 0) is 0 Å². The fourth-order valence-corrected chi connectivity index (χ4v) is 4.61. The van der Waals surface area contributed by atoms with Gasteiger partial charge in [0.1, 0.15) is 18.0 Å². The molecule has 0 bridgehead atoms. The third-order valence-electron chi connectivity index (χ3n) is 6.39. The van der Waals surface area contributed by atoms with Gasteiger partial charge in [0.2, 0.25) is 0 Å². The van der Waals surface area contributed by atoms with E-state index in [9.17, 15) is 18.0 Å². The number of hydrogen-bond acceptors (Lipinski definition) is 7. The molecule has 1 atom stereocenters. The SMILES string of the molecule is C[C@@H]1CCCN(C)c2ccc(N3CCCN(CC(F)(F)F)CC3)nc2N1C(=O)Nc1ccncn1. The summed E-state index contributed by atoms with van der Waals surface area (Å²) in [6.45, 7) is 3.62. The van der Waals surface area contributed by atoms with E-state index in [-0.39, 0.29) is 12.1 Å². The molecule has 0 spiro atoms. The monoisotopic (exact) mass is 492 g/mol. The van der Waals surface area contributed by atoms with Crippen LogP contribution in [0.2, 0.25) is 0 Å². The van der Waals surface area contributed by atoms with Crippen molar-refractivity contribution in [1.82, 2.24) is 19.9 Å². The molecule has 190 valence electrons. The molecule has 2 aliphatic rings. The Morgan fingerprint density at radius 1 is 1.11 bits per heavy atom. The maximum Gasteiger partial charge on any atom is 0.401 e. The number of urea groups is 1. The highest BCUT2D eigenvalue weighted by molar-refractivity contribution is 6.03. The molecule has 9 nitrogen and oxygen atoms in total. The van der Waals surface area contributed by atoms with Crippen molar-refractivity contribution < 1.29 is 18.0 Å². The molecule has 0 saturated carbocycles. The number of aromatic nitrogens is 3. The van der Waals surface area contributed by atoms with Crippen molar-refractivity contribution in [3.63, 3.8) is 0 Å². The molecule has 1 N–H and O–H groups in total. The van der Waals surface area contributed by atoms with Gasteiger partial charge in [-0.3, -0.25) is 15.1 Å². The third kappa shape index (κ3) is 6.30. The average molecular weight is 493 g/mol. The molecule has 2 aromatic heterocycles.